The summed E-state index contributed by atoms with van der Waals surface area (Å²) in [6, 6.07) is 5.02. The van der Waals surface area contributed by atoms with Crippen molar-refractivity contribution in [3.8, 4) is 0 Å². The summed E-state index contributed by atoms with van der Waals surface area (Å²) in [7, 11) is 0. The van der Waals surface area contributed by atoms with Crippen molar-refractivity contribution < 1.29 is 9.90 Å². The van der Waals surface area contributed by atoms with Crippen LogP contribution in [0.1, 0.15) is 37.0 Å². The quantitative estimate of drug-likeness (QED) is 0.700. The van der Waals surface area contributed by atoms with E-state index >= 15 is 0 Å². The summed E-state index contributed by atoms with van der Waals surface area (Å²) in [6.07, 6.45) is 2.53. The predicted molar refractivity (Wildman–Crippen MR) is 72.8 cm³/mol. The van der Waals surface area contributed by atoms with Crippen LogP contribution in [0.3, 0.4) is 0 Å². The Hall–Kier alpha value is -1.71. The van der Waals surface area contributed by atoms with E-state index in [0.29, 0.717) is 17.0 Å². The summed E-state index contributed by atoms with van der Waals surface area (Å²) in [5.41, 5.74) is 7.49. The van der Waals surface area contributed by atoms with E-state index in [9.17, 15) is 4.79 Å². The number of hydrogen-bond donors (Lipinski definition) is 3. The number of nitrogens with two attached hydrogens (primary N) is 1. The SMILES string of the molecule is CC(C)C1(CNc2ccc(C(=O)O)c(N)c2)CC1. The topological polar surface area (TPSA) is 75.3 Å². The number of hydrogen-bond acceptors (Lipinski definition) is 3. The Labute approximate surface area is 107 Å². The number of aromatic carboxylic acids is 1. The average molecular weight is 248 g/mol. The van der Waals surface area contributed by atoms with E-state index in [1.54, 1.807) is 18.2 Å². The van der Waals surface area contributed by atoms with Gasteiger partial charge < -0.3 is 16.2 Å². The van der Waals surface area contributed by atoms with E-state index in [4.69, 9.17) is 10.8 Å². The molecule has 18 heavy (non-hydrogen) atoms. The Morgan fingerprint density at radius 1 is 1.50 bits per heavy atom. The first kappa shape index (κ1) is 12.7. The van der Waals surface area contributed by atoms with Gasteiger partial charge in [0.2, 0.25) is 0 Å². The molecule has 1 aromatic rings. The highest BCUT2D eigenvalue weighted by molar-refractivity contribution is 5.94. The molecule has 1 fully saturated rings. The summed E-state index contributed by atoms with van der Waals surface area (Å²) < 4.78 is 0. The van der Waals surface area contributed by atoms with Crippen LogP contribution in [0, 0.1) is 11.3 Å². The molecule has 98 valence electrons. The van der Waals surface area contributed by atoms with Crippen LogP contribution in [0.15, 0.2) is 18.2 Å². The molecule has 4 nitrogen and oxygen atoms in total. The lowest BCUT2D eigenvalue weighted by Gasteiger charge is -2.21. The third-order valence-electron chi connectivity index (χ3n) is 4.04. The normalized spacial score (nSPS) is 16.6. The molecule has 0 atom stereocenters. The second-order valence-corrected chi connectivity index (χ2v) is 5.48. The highest BCUT2D eigenvalue weighted by atomic mass is 16.4. The van der Waals surface area contributed by atoms with E-state index in [-0.39, 0.29) is 5.56 Å². The van der Waals surface area contributed by atoms with Crippen LogP contribution in [0.2, 0.25) is 0 Å². The van der Waals surface area contributed by atoms with Gasteiger partial charge in [-0.1, -0.05) is 13.8 Å². The third kappa shape index (κ3) is 2.42. The fraction of sp³-hybridized carbons (Fsp3) is 0.500. The summed E-state index contributed by atoms with van der Waals surface area (Å²) in [5, 5.41) is 12.3. The van der Waals surface area contributed by atoms with Crippen molar-refractivity contribution >= 4 is 17.3 Å². The standard InChI is InChI=1S/C14H20N2O2/c1-9(2)14(5-6-14)8-16-10-3-4-11(13(17)18)12(15)7-10/h3-4,7,9,16H,5-6,8,15H2,1-2H3,(H,17,18). The molecule has 0 unspecified atom stereocenters. The fourth-order valence-electron chi connectivity index (χ4n) is 2.26. The van der Waals surface area contributed by atoms with Crippen LogP contribution >= 0.6 is 0 Å². The van der Waals surface area contributed by atoms with Gasteiger partial charge in [0.15, 0.2) is 0 Å². The van der Waals surface area contributed by atoms with Crippen LogP contribution < -0.4 is 11.1 Å². The molecular formula is C14H20N2O2. The zero-order chi connectivity index (χ0) is 13.3. The maximum Gasteiger partial charge on any atom is 0.337 e. The molecule has 0 spiro atoms. The predicted octanol–water partition coefficient (Wildman–Crippen LogP) is 2.82. The molecule has 2 rings (SSSR count). The van der Waals surface area contributed by atoms with Gasteiger partial charge in [0.25, 0.3) is 0 Å². The van der Waals surface area contributed by atoms with Crippen LogP contribution in [-0.4, -0.2) is 17.6 Å². The molecule has 0 aromatic heterocycles. The number of anilines is 2. The number of carboxylic acids is 1. The minimum Gasteiger partial charge on any atom is -0.478 e. The van der Waals surface area contributed by atoms with Crippen LogP contribution in [0.25, 0.3) is 0 Å². The molecule has 0 aliphatic heterocycles. The Bertz CT molecular complexity index is 465. The molecule has 4 N–H and O–H groups in total. The third-order valence-corrected chi connectivity index (χ3v) is 4.04. The summed E-state index contributed by atoms with van der Waals surface area (Å²) >= 11 is 0. The van der Waals surface area contributed by atoms with Crippen molar-refractivity contribution in [3.05, 3.63) is 23.8 Å². The van der Waals surface area contributed by atoms with Crippen LogP contribution in [0.5, 0.6) is 0 Å². The Balaban J connectivity index is 2.03. The van der Waals surface area contributed by atoms with E-state index in [0.717, 1.165) is 12.2 Å². The Morgan fingerprint density at radius 3 is 2.61 bits per heavy atom. The van der Waals surface area contributed by atoms with Crippen molar-refractivity contribution in [1.29, 1.82) is 0 Å². The van der Waals surface area contributed by atoms with Gasteiger partial charge in [0, 0.05) is 17.9 Å². The van der Waals surface area contributed by atoms with Gasteiger partial charge >= 0.3 is 5.97 Å². The molecule has 1 aromatic carbocycles. The maximum absolute atomic E-state index is 10.8. The maximum atomic E-state index is 10.8. The molecule has 1 aliphatic rings. The zero-order valence-electron chi connectivity index (χ0n) is 10.9. The van der Waals surface area contributed by atoms with Crippen molar-refractivity contribution in [1.82, 2.24) is 0 Å². The Kier molecular flexibility index (Phi) is 3.20. The second kappa shape index (κ2) is 4.52. The van der Waals surface area contributed by atoms with Crippen molar-refractivity contribution in [3.63, 3.8) is 0 Å². The lowest BCUT2D eigenvalue weighted by Crippen LogP contribution is -2.21. The summed E-state index contributed by atoms with van der Waals surface area (Å²) in [6.45, 7) is 5.42. The van der Waals surface area contributed by atoms with Gasteiger partial charge in [0.05, 0.1) is 5.56 Å². The first-order valence-corrected chi connectivity index (χ1v) is 6.31. The second-order valence-electron chi connectivity index (χ2n) is 5.48. The molecule has 4 heteroatoms. The van der Waals surface area contributed by atoms with E-state index in [1.807, 2.05) is 0 Å². The fourth-order valence-corrected chi connectivity index (χ4v) is 2.26. The first-order chi connectivity index (χ1) is 8.44. The van der Waals surface area contributed by atoms with Crippen molar-refractivity contribution in [2.75, 3.05) is 17.6 Å². The van der Waals surface area contributed by atoms with E-state index in [1.165, 1.54) is 12.8 Å². The smallest absolute Gasteiger partial charge is 0.337 e. The van der Waals surface area contributed by atoms with Gasteiger partial charge in [-0.3, -0.25) is 0 Å². The molecule has 1 saturated carbocycles. The van der Waals surface area contributed by atoms with Gasteiger partial charge in [-0.05, 0) is 42.4 Å². The minimum atomic E-state index is -0.986. The van der Waals surface area contributed by atoms with Gasteiger partial charge in [-0.15, -0.1) is 0 Å². The van der Waals surface area contributed by atoms with Crippen LogP contribution in [0.4, 0.5) is 11.4 Å². The molecular weight excluding hydrogens is 228 g/mol. The van der Waals surface area contributed by atoms with Gasteiger partial charge in [0.1, 0.15) is 0 Å². The molecule has 0 bridgehead atoms. The van der Waals surface area contributed by atoms with E-state index < -0.39 is 5.97 Å². The molecule has 0 saturated heterocycles. The van der Waals surface area contributed by atoms with Crippen LogP contribution in [-0.2, 0) is 0 Å². The van der Waals surface area contributed by atoms with Crippen molar-refractivity contribution in [2.24, 2.45) is 11.3 Å². The van der Waals surface area contributed by atoms with Gasteiger partial charge in [-0.25, -0.2) is 4.79 Å². The van der Waals surface area contributed by atoms with Crippen molar-refractivity contribution in [2.45, 2.75) is 26.7 Å². The minimum absolute atomic E-state index is 0.158. The number of nitrogen functional groups attached to an aromatic ring is 1. The van der Waals surface area contributed by atoms with Gasteiger partial charge in [-0.2, -0.15) is 0 Å². The number of benzene rings is 1. The molecule has 1 aliphatic carbocycles. The number of carbonyl (C=O) groups is 1. The number of carboxylic acid groups (broad SMARTS) is 1. The summed E-state index contributed by atoms with van der Waals surface area (Å²) in [5.74, 6) is -0.319. The molecule has 0 amide bonds. The zero-order valence-corrected chi connectivity index (χ0v) is 10.9. The lowest BCUT2D eigenvalue weighted by atomic mass is 9.92. The Morgan fingerprint density at radius 2 is 2.17 bits per heavy atom. The monoisotopic (exact) mass is 248 g/mol. The number of rotatable bonds is 5. The average Bonchev–Trinajstić information content (AvgIpc) is 3.07. The lowest BCUT2D eigenvalue weighted by molar-refractivity contribution is 0.0698. The highest BCUT2D eigenvalue weighted by Gasteiger charge is 2.44. The highest BCUT2D eigenvalue weighted by Crippen LogP contribution is 2.51. The largest absolute Gasteiger partial charge is 0.478 e. The van der Waals surface area contributed by atoms with E-state index in [2.05, 4.69) is 19.2 Å². The first-order valence-electron chi connectivity index (χ1n) is 6.31. The molecule has 0 heterocycles. The number of nitrogens with one attached hydrogen (secondary N) is 1. The summed E-state index contributed by atoms with van der Waals surface area (Å²) in [4.78, 5) is 10.8. The molecule has 0 radical (unpaired) electrons.